The highest BCUT2D eigenvalue weighted by atomic mass is 16.5. The van der Waals surface area contributed by atoms with Crippen molar-refractivity contribution in [3.63, 3.8) is 0 Å². The first-order chi connectivity index (χ1) is 12.6. The molecule has 1 amide bonds. The Hall–Kier alpha value is -2.68. The van der Waals surface area contributed by atoms with E-state index in [4.69, 9.17) is 13.7 Å². The van der Waals surface area contributed by atoms with Gasteiger partial charge in [0.1, 0.15) is 5.76 Å². The Kier molecular flexibility index (Phi) is 6.00. The van der Waals surface area contributed by atoms with Gasteiger partial charge in [0.05, 0.1) is 6.26 Å². The number of rotatable bonds is 7. The lowest BCUT2D eigenvalue weighted by Gasteiger charge is -2.26. The van der Waals surface area contributed by atoms with Crippen LogP contribution < -0.4 is 15.5 Å². The van der Waals surface area contributed by atoms with Crippen LogP contribution in [0.3, 0.4) is 0 Å². The molecule has 0 unspecified atom stereocenters. The molecule has 2 aromatic rings. The molecular formula is C17H22N4O5. The first-order valence-electron chi connectivity index (χ1n) is 8.68. The summed E-state index contributed by atoms with van der Waals surface area (Å²) < 4.78 is 15.4. The Morgan fingerprint density at radius 3 is 2.92 bits per heavy atom. The summed E-state index contributed by atoms with van der Waals surface area (Å²) in [7, 11) is 0. The van der Waals surface area contributed by atoms with Crippen LogP contribution in [0.2, 0.25) is 0 Å². The summed E-state index contributed by atoms with van der Waals surface area (Å²) >= 11 is 0. The lowest BCUT2D eigenvalue weighted by molar-refractivity contribution is 0.0902. The molecule has 9 heteroatoms. The molecule has 1 saturated heterocycles. The number of aryl methyl sites for hydroxylation is 1. The molecule has 2 aromatic heterocycles. The molecule has 0 aromatic carbocycles. The monoisotopic (exact) mass is 362 g/mol. The molecule has 140 valence electrons. The number of nitrogens with one attached hydrogen (secondary N) is 1. The molecule has 0 atom stereocenters. The van der Waals surface area contributed by atoms with Crippen molar-refractivity contribution in [2.45, 2.75) is 32.8 Å². The summed E-state index contributed by atoms with van der Waals surface area (Å²) in [6.07, 6.45) is 4.99. The van der Waals surface area contributed by atoms with Crippen LogP contribution in [0.5, 0.6) is 5.75 Å². The first-order valence-corrected chi connectivity index (χ1v) is 8.68. The van der Waals surface area contributed by atoms with E-state index in [1.807, 2.05) is 0 Å². The van der Waals surface area contributed by atoms with Crippen LogP contribution >= 0.6 is 0 Å². The van der Waals surface area contributed by atoms with Gasteiger partial charge in [0.15, 0.2) is 6.61 Å². The third kappa shape index (κ3) is 4.69. The second-order valence-corrected chi connectivity index (χ2v) is 6.13. The molecule has 1 aliphatic heterocycles. The van der Waals surface area contributed by atoms with Gasteiger partial charge < -0.3 is 23.9 Å². The van der Waals surface area contributed by atoms with E-state index in [1.165, 1.54) is 31.6 Å². The van der Waals surface area contributed by atoms with Crippen molar-refractivity contribution in [3.8, 4) is 5.75 Å². The van der Waals surface area contributed by atoms with Crippen molar-refractivity contribution in [1.29, 1.82) is 0 Å². The lowest BCUT2D eigenvalue weighted by atomic mass is 10.1. The molecule has 3 rings (SSSR count). The number of amides is 1. The summed E-state index contributed by atoms with van der Waals surface area (Å²) in [6.45, 7) is 5.00. The third-order valence-corrected chi connectivity index (χ3v) is 4.18. The van der Waals surface area contributed by atoms with Crippen molar-refractivity contribution in [2.75, 3.05) is 26.2 Å². The van der Waals surface area contributed by atoms with Crippen molar-refractivity contribution in [2.24, 2.45) is 0 Å². The second kappa shape index (κ2) is 8.61. The highest BCUT2D eigenvalue weighted by Gasteiger charge is 2.17. The average molecular weight is 362 g/mol. The van der Waals surface area contributed by atoms with Gasteiger partial charge in [0.25, 0.3) is 0 Å². The Morgan fingerprint density at radius 2 is 2.15 bits per heavy atom. The number of hydrogen-bond donors (Lipinski definition) is 1. The van der Waals surface area contributed by atoms with Gasteiger partial charge in [-0.3, -0.25) is 9.59 Å². The van der Waals surface area contributed by atoms with Gasteiger partial charge >= 0.3 is 11.8 Å². The Labute approximate surface area is 150 Å². The molecule has 0 radical (unpaired) electrons. The quantitative estimate of drug-likeness (QED) is 0.780. The zero-order valence-corrected chi connectivity index (χ0v) is 14.7. The number of aromatic nitrogens is 2. The summed E-state index contributed by atoms with van der Waals surface area (Å²) in [5.41, 5.74) is -0.298. The minimum atomic E-state index is -0.420. The van der Waals surface area contributed by atoms with Gasteiger partial charge in [0.2, 0.25) is 17.0 Å². The van der Waals surface area contributed by atoms with E-state index in [1.54, 1.807) is 6.92 Å². The van der Waals surface area contributed by atoms with E-state index in [0.29, 0.717) is 12.3 Å². The van der Waals surface area contributed by atoms with Crippen LogP contribution in [0, 0.1) is 6.92 Å². The normalized spacial score (nSPS) is 15.0. The number of hydrogen-bond acceptors (Lipinski definition) is 8. The number of carbonyl (C=O) groups is 1. The fourth-order valence-corrected chi connectivity index (χ4v) is 2.80. The number of likely N-dealkylation sites (tertiary alicyclic amines) is 1. The number of carbonyl (C=O) groups excluding carboxylic acids is 1. The topological polar surface area (TPSA) is 111 Å². The molecule has 1 aliphatic rings. The average Bonchev–Trinajstić information content (AvgIpc) is 3.11. The van der Waals surface area contributed by atoms with E-state index in [9.17, 15) is 9.59 Å². The van der Waals surface area contributed by atoms with E-state index in [0.717, 1.165) is 19.6 Å². The van der Waals surface area contributed by atoms with Crippen molar-refractivity contribution in [3.05, 3.63) is 40.0 Å². The Balaban J connectivity index is 1.47. The van der Waals surface area contributed by atoms with E-state index in [2.05, 4.69) is 20.4 Å². The Morgan fingerprint density at radius 1 is 1.35 bits per heavy atom. The smallest absolute Gasteiger partial charge is 0.316 e. The van der Waals surface area contributed by atoms with Crippen molar-refractivity contribution < 1.29 is 18.5 Å². The molecule has 9 nitrogen and oxygen atoms in total. The molecule has 0 aliphatic carbocycles. The molecule has 3 heterocycles. The third-order valence-electron chi connectivity index (χ3n) is 4.18. The zero-order chi connectivity index (χ0) is 18.4. The molecule has 1 N–H and O–H groups in total. The van der Waals surface area contributed by atoms with Gasteiger partial charge in [-0.2, -0.15) is 4.98 Å². The lowest BCUT2D eigenvalue weighted by Crippen LogP contribution is -2.37. The summed E-state index contributed by atoms with van der Waals surface area (Å²) in [4.78, 5) is 30.1. The predicted molar refractivity (Wildman–Crippen MR) is 91.0 cm³/mol. The van der Waals surface area contributed by atoms with E-state index in [-0.39, 0.29) is 29.5 Å². The minimum absolute atomic E-state index is 0.0878. The molecular weight excluding hydrogens is 340 g/mol. The molecule has 0 bridgehead atoms. The number of nitrogens with zero attached hydrogens (tertiary/aromatic N) is 3. The van der Waals surface area contributed by atoms with Gasteiger partial charge in [-0.25, -0.2) is 0 Å². The van der Waals surface area contributed by atoms with Crippen LogP contribution in [0.4, 0.5) is 0 Å². The minimum Gasteiger partial charge on any atom is -0.478 e. The second-order valence-electron chi connectivity index (χ2n) is 6.13. The van der Waals surface area contributed by atoms with Crippen LogP contribution in [-0.2, 0) is 6.61 Å². The Bertz CT molecular complexity index is 794. The van der Waals surface area contributed by atoms with Gasteiger partial charge in [-0.15, -0.1) is 0 Å². The molecule has 0 spiro atoms. The van der Waals surface area contributed by atoms with Gasteiger partial charge in [0, 0.05) is 19.2 Å². The molecule has 0 saturated carbocycles. The summed E-state index contributed by atoms with van der Waals surface area (Å²) in [5.74, 6) is 0.0746. The zero-order valence-electron chi connectivity index (χ0n) is 14.7. The fourth-order valence-electron chi connectivity index (χ4n) is 2.80. The number of piperidine rings is 1. The van der Waals surface area contributed by atoms with Crippen molar-refractivity contribution in [1.82, 2.24) is 20.4 Å². The number of ether oxygens (including phenoxy) is 1. The highest BCUT2D eigenvalue weighted by molar-refractivity contribution is 5.89. The maximum atomic E-state index is 12.1. The first kappa shape index (κ1) is 18.1. The van der Waals surface area contributed by atoms with E-state index >= 15 is 0 Å². The van der Waals surface area contributed by atoms with Gasteiger partial charge in [-0.05, 0) is 32.9 Å². The summed E-state index contributed by atoms with van der Waals surface area (Å²) in [5, 5.41) is 6.46. The highest BCUT2D eigenvalue weighted by Crippen LogP contribution is 2.12. The SMILES string of the molecule is Cc1occc(=O)c1OCc1noc(C(=O)NCCN2CCCCC2)n1. The van der Waals surface area contributed by atoms with Crippen LogP contribution in [0.25, 0.3) is 0 Å². The molecule has 26 heavy (non-hydrogen) atoms. The van der Waals surface area contributed by atoms with Crippen LogP contribution in [0.15, 0.2) is 26.1 Å². The van der Waals surface area contributed by atoms with Crippen LogP contribution in [0.1, 0.15) is 41.5 Å². The predicted octanol–water partition coefficient (Wildman–Crippen LogP) is 1.13. The van der Waals surface area contributed by atoms with Gasteiger partial charge in [-0.1, -0.05) is 11.6 Å². The maximum Gasteiger partial charge on any atom is 0.316 e. The molecule has 1 fully saturated rings. The summed E-state index contributed by atoms with van der Waals surface area (Å²) in [6, 6.07) is 1.26. The standard InChI is InChI=1S/C17H22N4O5/c1-12-15(13(22)5-10-24-12)25-11-14-19-17(26-20-14)16(23)18-6-9-21-7-3-2-4-8-21/h5,10H,2-4,6-9,11H2,1H3,(H,18,23). The van der Waals surface area contributed by atoms with E-state index < -0.39 is 5.91 Å². The van der Waals surface area contributed by atoms with Crippen molar-refractivity contribution >= 4 is 5.91 Å². The largest absolute Gasteiger partial charge is 0.478 e. The maximum absolute atomic E-state index is 12.1. The fraction of sp³-hybridized carbons (Fsp3) is 0.529. The van der Waals surface area contributed by atoms with Crippen LogP contribution in [-0.4, -0.2) is 47.1 Å².